The summed E-state index contributed by atoms with van der Waals surface area (Å²) in [6.45, 7) is 6.40. The van der Waals surface area contributed by atoms with Crippen molar-refractivity contribution in [3.8, 4) is 5.75 Å². The van der Waals surface area contributed by atoms with E-state index >= 15 is 0 Å². The van der Waals surface area contributed by atoms with Crippen LogP contribution in [0.25, 0.3) is 0 Å². The van der Waals surface area contributed by atoms with Gasteiger partial charge in [0.05, 0.1) is 12.7 Å². The Morgan fingerprint density at radius 3 is 2.60 bits per heavy atom. The molecule has 2 heteroatoms. The van der Waals surface area contributed by atoms with Gasteiger partial charge in [-0.25, -0.2) is 0 Å². The highest BCUT2D eigenvalue weighted by Gasteiger charge is 2.04. The Balaban J connectivity index is 2.59. The molecule has 0 aromatic heterocycles. The van der Waals surface area contributed by atoms with Gasteiger partial charge in [-0.2, -0.15) is 0 Å². The molecule has 15 heavy (non-hydrogen) atoms. The lowest BCUT2D eigenvalue weighted by Crippen LogP contribution is -1.97. The second-order valence-electron chi connectivity index (χ2n) is 3.46. The summed E-state index contributed by atoms with van der Waals surface area (Å²) in [6, 6.07) is 7.55. The second kappa shape index (κ2) is 6.25. The van der Waals surface area contributed by atoms with Crippen molar-refractivity contribution in [1.29, 1.82) is 0 Å². The number of hydrogen-bond donors (Lipinski definition) is 1. The van der Waals surface area contributed by atoms with Gasteiger partial charge in [0, 0.05) is 0 Å². The van der Waals surface area contributed by atoms with E-state index in [0.29, 0.717) is 6.42 Å². The third kappa shape index (κ3) is 3.76. The van der Waals surface area contributed by atoms with Crippen LogP contribution in [0.5, 0.6) is 5.75 Å². The highest BCUT2D eigenvalue weighted by Crippen LogP contribution is 2.20. The molecule has 1 unspecified atom stereocenters. The summed E-state index contributed by atoms with van der Waals surface area (Å²) in [5, 5.41) is 9.68. The van der Waals surface area contributed by atoms with E-state index in [1.807, 2.05) is 24.3 Å². The van der Waals surface area contributed by atoms with Crippen molar-refractivity contribution in [2.45, 2.75) is 25.9 Å². The quantitative estimate of drug-likeness (QED) is 0.725. The molecule has 0 amide bonds. The van der Waals surface area contributed by atoms with Crippen LogP contribution in [0.1, 0.15) is 31.4 Å². The lowest BCUT2D eigenvalue weighted by atomic mass is 10.1. The van der Waals surface area contributed by atoms with Gasteiger partial charge >= 0.3 is 0 Å². The van der Waals surface area contributed by atoms with Gasteiger partial charge in [0.15, 0.2) is 0 Å². The predicted molar refractivity (Wildman–Crippen MR) is 62.0 cm³/mol. The first kappa shape index (κ1) is 11.8. The van der Waals surface area contributed by atoms with Gasteiger partial charge in [0.1, 0.15) is 5.75 Å². The minimum Gasteiger partial charge on any atom is -0.494 e. The van der Waals surface area contributed by atoms with Gasteiger partial charge in [0.25, 0.3) is 0 Å². The van der Waals surface area contributed by atoms with Crippen molar-refractivity contribution in [3.05, 3.63) is 42.5 Å². The molecule has 0 fully saturated rings. The fourth-order valence-corrected chi connectivity index (χ4v) is 1.30. The van der Waals surface area contributed by atoms with Crippen LogP contribution in [0.4, 0.5) is 0 Å². The van der Waals surface area contributed by atoms with Crippen molar-refractivity contribution in [2.24, 2.45) is 0 Å². The zero-order valence-corrected chi connectivity index (χ0v) is 9.15. The van der Waals surface area contributed by atoms with Gasteiger partial charge in [0.2, 0.25) is 0 Å². The molecule has 1 aromatic rings. The van der Waals surface area contributed by atoms with Crippen LogP contribution in [-0.4, -0.2) is 11.7 Å². The Hall–Kier alpha value is -1.28. The van der Waals surface area contributed by atoms with Crippen LogP contribution in [0.3, 0.4) is 0 Å². The van der Waals surface area contributed by atoms with E-state index in [1.165, 1.54) is 0 Å². The van der Waals surface area contributed by atoms with Crippen molar-refractivity contribution in [2.75, 3.05) is 6.61 Å². The molecule has 0 saturated carbocycles. The first-order valence-electron chi connectivity index (χ1n) is 5.29. The third-order valence-electron chi connectivity index (χ3n) is 2.13. The molecule has 0 bridgehead atoms. The largest absolute Gasteiger partial charge is 0.494 e. The molecule has 1 atom stereocenters. The van der Waals surface area contributed by atoms with Gasteiger partial charge in [-0.3, -0.25) is 0 Å². The molecule has 0 heterocycles. The van der Waals surface area contributed by atoms with Gasteiger partial charge in [-0.15, -0.1) is 6.58 Å². The average Bonchev–Trinajstić information content (AvgIpc) is 2.27. The highest BCUT2D eigenvalue weighted by molar-refractivity contribution is 5.28. The Morgan fingerprint density at radius 1 is 1.40 bits per heavy atom. The maximum atomic E-state index is 9.68. The van der Waals surface area contributed by atoms with E-state index in [4.69, 9.17) is 4.74 Å². The van der Waals surface area contributed by atoms with E-state index in [2.05, 4.69) is 13.5 Å². The molecule has 0 aliphatic carbocycles. The normalized spacial score (nSPS) is 12.1. The maximum absolute atomic E-state index is 9.68. The molecule has 1 N–H and O–H groups in total. The van der Waals surface area contributed by atoms with Crippen LogP contribution in [-0.2, 0) is 0 Å². The topological polar surface area (TPSA) is 29.5 Å². The number of benzene rings is 1. The SMILES string of the molecule is C=CCC(O)c1ccc(OCCC)cc1. The molecular weight excluding hydrogens is 188 g/mol. The summed E-state index contributed by atoms with van der Waals surface area (Å²) in [4.78, 5) is 0. The monoisotopic (exact) mass is 206 g/mol. The van der Waals surface area contributed by atoms with E-state index in [0.717, 1.165) is 24.3 Å². The number of aliphatic hydroxyl groups excluding tert-OH is 1. The first-order chi connectivity index (χ1) is 7.27. The number of ether oxygens (including phenoxy) is 1. The average molecular weight is 206 g/mol. The molecule has 1 aromatic carbocycles. The van der Waals surface area contributed by atoms with Crippen molar-refractivity contribution >= 4 is 0 Å². The Bertz CT molecular complexity index is 290. The fraction of sp³-hybridized carbons (Fsp3) is 0.385. The van der Waals surface area contributed by atoms with E-state index in [9.17, 15) is 5.11 Å². The van der Waals surface area contributed by atoms with E-state index < -0.39 is 6.10 Å². The van der Waals surface area contributed by atoms with Crippen LogP contribution < -0.4 is 4.74 Å². The van der Waals surface area contributed by atoms with Gasteiger partial charge in [-0.1, -0.05) is 25.1 Å². The van der Waals surface area contributed by atoms with E-state index in [1.54, 1.807) is 6.08 Å². The zero-order chi connectivity index (χ0) is 11.1. The van der Waals surface area contributed by atoms with E-state index in [-0.39, 0.29) is 0 Å². The first-order valence-corrected chi connectivity index (χ1v) is 5.29. The fourth-order valence-electron chi connectivity index (χ4n) is 1.30. The molecule has 0 saturated heterocycles. The van der Waals surface area contributed by atoms with Crippen LogP contribution in [0.2, 0.25) is 0 Å². The lowest BCUT2D eigenvalue weighted by molar-refractivity contribution is 0.181. The number of rotatable bonds is 6. The Kier molecular flexibility index (Phi) is 4.91. The van der Waals surface area contributed by atoms with Crippen LogP contribution >= 0.6 is 0 Å². The Morgan fingerprint density at radius 2 is 2.07 bits per heavy atom. The maximum Gasteiger partial charge on any atom is 0.119 e. The molecule has 0 radical (unpaired) electrons. The third-order valence-corrected chi connectivity index (χ3v) is 2.13. The molecule has 0 spiro atoms. The summed E-state index contributed by atoms with van der Waals surface area (Å²) in [6.07, 6.45) is 2.84. The lowest BCUT2D eigenvalue weighted by Gasteiger charge is -2.09. The predicted octanol–water partition coefficient (Wildman–Crippen LogP) is 3.08. The van der Waals surface area contributed by atoms with Gasteiger partial charge in [-0.05, 0) is 30.5 Å². The summed E-state index contributed by atoms with van der Waals surface area (Å²) < 4.78 is 5.45. The Labute approximate surface area is 91.2 Å². The number of aliphatic hydroxyl groups is 1. The van der Waals surface area contributed by atoms with Crippen LogP contribution in [0, 0.1) is 0 Å². The van der Waals surface area contributed by atoms with Crippen molar-refractivity contribution < 1.29 is 9.84 Å². The molecule has 0 aliphatic rings. The van der Waals surface area contributed by atoms with Crippen LogP contribution in [0.15, 0.2) is 36.9 Å². The number of hydrogen-bond acceptors (Lipinski definition) is 2. The smallest absolute Gasteiger partial charge is 0.119 e. The highest BCUT2D eigenvalue weighted by atomic mass is 16.5. The standard InChI is InChI=1S/C13H18O2/c1-3-5-13(14)11-6-8-12(9-7-11)15-10-4-2/h3,6-9,13-14H,1,4-5,10H2,2H3. The molecule has 82 valence electrons. The van der Waals surface area contributed by atoms with Crippen molar-refractivity contribution in [1.82, 2.24) is 0 Å². The summed E-state index contributed by atoms with van der Waals surface area (Å²) >= 11 is 0. The zero-order valence-electron chi connectivity index (χ0n) is 9.15. The molecule has 1 rings (SSSR count). The summed E-state index contributed by atoms with van der Waals surface area (Å²) in [5.74, 6) is 0.853. The summed E-state index contributed by atoms with van der Waals surface area (Å²) in [5.41, 5.74) is 0.902. The minimum absolute atomic E-state index is 0.456. The minimum atomic E-state index is -0.456. The second-order valence-corrected chi connectivity index (χ2v) is 3.46. The molecule has 0 aliphatic heterocycles. The summed E-state index contributed by atoms with van der Waals surface area (Å²) in [7, 11) is 0. The molecular formula is C13H18O2. The van der Waals surface area contributed by atoms with Gasteiger partial charge < -0.3 is 9.84 Å². The van der Waals surface area contributed by atoms with Crippen molar-refractivity contribution in [3.63, 3.8) is 0 Å². The molecule has 2 nitrogen and oxygen atoms in total.